The second-order valence-corrected chi connectivity index (χ2v) is 4.09. The predicted octanol–water partition coefficient (Wildman–Crippen LogP) is 2.84. The van der Waals surface area contributed by atoms with Crippen molar-refractivity contribution in [1.29, 1.82) is 0 Å². The van der Waals surface area contributed by atoms with Gasteiger partial charge in [-0.2, -0.15) is 0 Å². The number of hydrogen-bond donors (Lipinski definition) is 1. The molecule has 0 aliphatic heterocycles. The number of nitrogens with one attached hydrogen (secondary N) is 1. The van der Waals surface area contributed by atoms with E-state index in [2.05, 4.69) is 24.1 Å². The van der Waals surface area contributed by atoms with Crippen LogP contribution in [0.25, 0.3) is 0 Å². The van der Waals surface area contributed by atoms with E-state index in [1.165, 1.54) is 6.20 Å². The van der Waals surface area contributed by atoms with Crippen molar-refractivity contribution < 1.29 is 4.92 Å². The van der Waals surface area contributed by atoms with Crippen molar-refractivity contribution in [2.24, 2.45) is 5.92 Å². The van der Waals surface area contributed by atoms with E-state index in [-0.39, 0.29) is 5.82 Å². The Labute approximate surface area is 95.0 Å². The average Bonchev–Trinajstić information content (AvgIpc) is 2.24. The zero-order chi connectivity index (χ0) is 12.0. The largest absolute Gasteiger partial charge is 0.386 e. The molecular weight excluding hydrogens is 206 g/mol. The van der Waals surface area contributed by atoms with Crippen LogP contribution in [0.15, 0.2) is 18.3 Å². The van der Waals surface area contributed by atoms with Gasteiger partial charge in [0.2, 0.25) is 0 Å². The van der Waals surface area contributed by atoms with Crippen molar-refractivity contribution in [3.63, 3.8) is 0 Å². The Hall–Kier alpha value is -1.65. The van der Waals surface area contributed by atoms with Gasteiger partial charge in [-0.15, -0.1) is 0 Å². The standard InChI is InChI=1S/C11H17N3O2/c1-9(2)5-3-7-12-10-6-4-8-13-11(10)14(15)16/h4,6,8-9,12H,3,5,7H2,1-2H3. The van der Waals surface area contributed by atoms with Crippen LogP contribution < -0.4 is 5.32 Å². The molecule has 0 saturated heterocycles. The van der Waals surface area contributed by atoms with Crippen molar-refractivity contribution in [3.05, 3.63) is 28.4 Å². The van der Waals surface area contributed by atoms with Crippen LogP contribution in [0.2, 0.25) is 0 Å². The molecule has 1 aromatic heterocycles. The SMILES string of the molecule is CC(C)CCCNc1cccnc1[N+](=O)[O-]. The van der Waals surface area contributed by atoms with Crippen LogP contribution in [-0.2, 0) is 0 Å². The Morgan fingerprint density at radius 3 is 2.94 bits per heavy atom. The molecule has 5 nitrogen and oxygen atoms in total. The average molecular weight is 223 g/mol. The summed E-state index contributed by atoms with van der Waals surface area (Å²) in [7, 11) is 0. The van der Waals surface area contributed by atoms with Crippen molar-refractivity contribution in [3.8, 4) is 0 Å². The first-order valence-corrected chi connectivity index (χ1v) is 5.44. The van der Waals surface area contributed by atoms with Crippen molar-refractivity contribution in [2.45, 2.75) is 26.7 Å². The molecule has 1 N–H and O–H groups in total. The minimum absolute atomic E-state index is 0.105. The summed E-state index contributed by atoms with van der Waals surface area (Å²) >= 11 is 0. The lowest BCUT2D eigenvalue weighted by Crippen LogP contribution is -2.06. The molecule has 0 saturated carbocycles. The fourth-order valence-corrected chi connectivity index (χ4v) is 1.41. The number of anilines is 1. The number of hydrogen-bond acceptors (Lipinski definition) is 4. The van der Waals surface area contributed by atoms with Gasteiger partial charge in [0, 0.05) is 6.54 Å². The fraction of sp³-hybridized carbons (Fsp3) is 0.545. The van der Waals surface area contributed by atoms with Gasteiger partial charge in [0.15, 0.2) is 0 Å². The smallest absolute Gasteiger partial charge is 0.378 e. The molecule has 5 heteroatoms. The quantitative estimate of drug-likeness (QED) is 0.457. The molecule has 0 fully saturated rings. The molecular formula is C11H17N3O2. The lowest BCUT2D eigenvalue weighted by molar-refractivity contribution is -0.388. The van der Waals surface area contributed by atoms with Crippen molar-refractivity contribution in [2.75, 3.05) is 11.9 Å². The van der Waals surface area contributed by atoms with Crippen molar-refractivity contribution in [1.82, 2.24) is 4.98 Å². The highest BCUT2D eigenvalue weighted by molar-refractivity contribution is 5.56. The van der Waals surface area contributed by atoms with Crippen LogP contribution >= 0.6 is 0 Å². The number of nitrogens with zero attached hydrogens (tertiary/aromatic N) is 2. The molecule has 1 heterocycles. The number of pyridine rings is 1. The summed E-state index contributed by atoms with van der Waals surface area (Å²) in [6, 6.07) is 3.37. The molecule has 0 aromatic carbocycles. The second kappa shape index (κ2) is 6.05. The van der Waals surface area contributed by atoms with E-state index in [0.717, 1.165) is 19.4 Å². The molecule has 1 rings (SSSR count). The maximum absolute atomic E-state index is 10.7. The molecule has 0 amide bonds. The maximum Gasteiger partial charge on any atom is 0.386 e. The molecule has 0 aliphatic carbocycles. The molecule has 0 aliphatic rings. The molecule has 1 aromatic rings. The van der Waals surface area contributed by atoms with E-state index in [4.69, 9.17) is 0 Å². The lowest BCUT2D eigenvalue weighted by Gasteiger charge is -2.07. The molecule has 16 heavy (non-hydrogen) atoms. The van der Waals surface area contributed by atoms with Gasteiger partial charge in [-0.05, 0) is 40.8 Å². The van der Waals surface area contributed by atoms with Gasteiger partial charge >= 0.3 is 5.82 Å². The molecule has 0 unspecified atom stereocenters. The third kappa shape index (κ3) is 3.84. The van der Waals surface area contributed by atoms with E-state index >= 15 is 0 Å². The Balaban J connectivity index is 2.50. The van der Waals surface area contributed by atoms with Crippen LogP contribution in [0, 0.1) is 16.0 Å². The lowest BCUT2D eigenvalue weighted by atomic mass is 10.1. The summed E-state index contributed by atoms with van der Waals surface area (Å²) in [4.78, 5) is 13.9. The number of aromatic nitrogens is 1. The van der Waals surface area contributed by atoms with Gasteiger partial charge in [-0.25, -0.2) is 0 Å². The Morgan fingerprint density at radius 1 is 1.56 bits per heavy atom. The maximum atomic E-state index is 10.7. The zero-order valence-corrected chi connectivity index (χ0v) is 9.64. The van der Waals surface area contributed by atoms with Gasteiger partial charge in [0.1, 0.15) is 11.9 Å². The Kier molecular flexibility index (Phi) is 4.69. The van der Waals surface area contributed by atoms with Crippen LogP contribution in [0.4, 0.5) is 11.5 Å². The highest BCUT2D eigenvalue weighted by atomic mass is 16.6. The van der Waals surface area contributed by atoms with Crippen LogP contribution in [0.3, 0.4) is 0 Å². The molecule has 88 valence electrons. The Morgan fingerprint density at radius 2 is 2.31 bits per heavy atom. The van der Waals surface area contributed by atoms with Gasteiger partial charge in [-0.3, -0.25) is 0 Å². The van der Waals surface area contributed by atoms with Crippen LogP contribution in [0.1, 0.15) is 26.7 Å². The normalized spacial score (nSPS) is 10.4. The first-order chi connectivity index (χ1) is 7.61. The predicted molar refractivity (Wildman–Crippen MR) is 63.5 cm³/mol. The summed E-state index contributed by atoms with van der Waals surface area (Å²) in [6.45, 7) is 5.06. The molecule has 0 atom stereocenters. The minimum atomic E-state index is -0.467. The monoisotopic (exact) mass is 223 g/mol. The Bertz CT molecular complexity index is 353. The molecule has 0 bridgehead atoms. The zero-order valence-electron chi connectivity index (χ0n) is 9.64. The highest BCUT2D eigenvalue weighted by Crippen LogP contribution is 2.19. The first-order valence-electron chi connectivity index (χ1n) is 5.44. The van der Waals surface area contributed by atoms with Crippen molar-refractivity contribution >= 4 is 11.5 Å². The van der Waals surface area contributed by atoms with Crippen LogP contribution in [0.5, 0.6) is 0 Å². The second-order valence-electron chi connectivity index (χ2n) is 4.09. The van der Waals surface area contributed by atoms with Crippen LogP contribution in [-0.4, -0.2) is 16.5 Å². The van der Waals surface area contributed by atoms with Gasteiger partial charge in [0.05, 0.1) is 0 Å². The van der Waals surface area contributed by atoms with Gasteiger partial charge in [-0.1, -0.05) is 13.8 Å². The topological polar surface area (TPSA) is 68.1 Å². The molecule has 0 spiro atoms. The fourth-order valence-electron chi connectivity index (χ4n) is 1.41. The minimum Gasteiger partial charge on any atom is -0.378 e. The van der Waals surface area contributed by atoms with E-state index in [9.17, 15) is 10.1 Å². The summed E-state index contributed by atoms with van der Waals surface area (Å²) in [5, 5.41) is 13.7. The number of rotatable bonds is 6. The summed E-state index contributed by atoms with van der Waals surface area (Å²) in [5.41, 5.74) is 0.497. The first kappa shape index (κ1) is 12.4. The van der Waals surface area contributed by atoms with E-state index < -0.39 is 4.92 Å². The molecule has 0 radical (unpaired) electrons. The number of nitro groups is 1. The summed E-state index contributed by atoms with van der Waals surface area (Å²) in [6.07, 6.45) is 3.54. The van der Waals surface area contributed by atoms with Gasteiger partial charge < -0.3 is 15.4 Å². The third-order valence-corrected chi connectivity index (χ3v) is 2.23. The summed E-state index contributed by atoms with van der Waals surface area (Å²) < 4.78 is 0. The summed E-state index contributed by atoms with van der Waals surface area (Å²) in [5.74, 6) is 0.553. The highest BCUT2D eigenvalue weighted by Gasteiger charge is 2.12. The van der Waals surface area contributed by atoms with E-state index in [1.807, 2.05) is 0 Å². The van der Waals surface area contributed by atoms with E-state index in [0.29, 0.717) is 11.6 Å². The van der Waals surface area contributed by atoms with Gasteiger partial charge in [0.25, 0.3) is 0 Å². The third-order valence-electron chi connectivity index (χ3n) is 2.23. The van der Waals surface area contributed by atoms with E-state index in [1.54, 1.807) is 12.1 Å².